The van der Waals surface area contributed by atoms with Gasteiger partial charge in [0.2, 0.25) is 0 Å². The molecule has 8 heteroatoms. The number of amides is 2. The van der Waals surface area contributed by atoms with E-state index in [1.807, 2.05) is 22.9 Å². The van der Waals surface area contributed by atoms with Crippen molar-refractivity contribution >= 4 is 18.0 Å². The number of nitrogens with one attached hydrogen (secondary N) is 1. The number of imide groups is 1. The van der Waals surface area contributed by atoms with E-state index in [1.54, 1.807) is 25.3 Å². The number of alkyl carbamates (subject to hydrolysis) is 1. The van der Waals surface area contributed by atoms with Gasteiger partial charge in [-0.15, -0.1) is 0 Å². The summed E-state index contributed by atoms with van der Waals surface area (Å²) in [4.78, 5) is 35.1. The largest absolute Gasteiger partial charge is 0.467 e. The smallest absolute Gasteiger partial charge is 0.413 e. The molecule has 0 fully saturated rings. The van der Waals surface area contributed by atoms with Crippen molar-refractivity contribution in [3.05, 3.63) is 47.2 Å². The van der Waals surface area contributed by atoms with E-state index in [1.165, 1.54) is 6.92 Å². The molecule has 0 saturated carbocycles. The summed E-state index contributed by atoms with van der Waals surface area (Å²) in [7, 11) is 1.13. The van der Waals surface area contributed by atoms with Crippen molar-refractivity contribution in [2.45, 2.75) is 33.4 Å². The van der Waals surface area contributed by atoms with Crippen molar-refractivity contribution < 1.29 is 28.3 Å². The number of ether oxygens (including phenoxy) is 2. The van der Waals surface area contributed by atoms with Crippen LogP contribution in [0.2, 0.25) is 0 Å². The summed E-state index contributed by atoms with van der Waals surface area (Å²) in [5, 5.41) is 1.95. The van der Waals surface area contributed by atoms with E-state index < -0.39 is 24.1 Å². The molecule has 0 aliphatic carbocycles. The molecule has 0 saturated heterocycles. The lowest BCUT2D eigenvalue weighted by atomic mass is 10.2. The standard InChI is InChI=1S/C17H20N2O6/c1-10-8-14(11(2)19(10)9-13-6-5-7-24-13)16(21)25-12(3)15(20)18-17(22)23-4/h5-8,12H,9H2,1-4H3,(H,18,20,22)/t12-/m1/s1. The van der Waals surface area contributed by atoms with Crippen LogP contribution in [0.4, 0.5) is 4.79 Å². The van der Waals surface area contributed by atoms with Gasteiger partial charge in [0.1, 0.15) is 5.76 Å². The lowest BCUT2D eigenvalue weighted by Crippen LogP contribution is -2.39. The summed E-state index contributed by atoms with van der Waals surface area (Å²) < 4.78 is 16.7. The Balaban J connectivity index is 2.09. The summed E-state index contributed by atoms with van der Waals surface area (Å²) in [5.74, 6) is -0.650. The molecule has 2 rings (SSSR count). The summed E-state index contributed by atoms with van der Waals surface area (Å²) in [6, 6.07) is 5.32. The molecule has 2 amide bonds. The Labute approximate surface area is 144 Å². The van der Waals surface area contributed by atoms with Crippen LogP contribution in [0.15, 0.2) is 28.9 Å². The van der Waals surface area contributed by atoms with Crippen LogP contribution in [0.5, 0.6) is 0 Å². The Morgan fingerprint density at radius 2 is 2.04 bits per heavy atom. The molecule has 0 bridgehead atoms. The average Bonchev–Trinajstić information content (AvgIpc) is 3.18. The van der Waals surface area contributed by atoms with Gasteiger partial charge in [0, 0.05) is 11.4 Å². The van der Waals surface area contributed by atoms with Gasteiger partial charge in [-0.3, -0.25) is 10.1 Å². The van der Waals surface area contributed by atoms with Gasteiger partial charge >= 0.3 is 12.1 Å². The Kier molecular flexibility index (Phi) is 5.63. The molecule has 0 spiro atoms. The first-order valence-electron chi connectivity index (χ1n) is 7.62. The first kappa shape index (κ1) is 18.3. The molecule has 0 unspecified atom stereocenters. The molecule has 8 nitrogen and oxygen atoms in total. The van der Waals surface area contributed by atoms with Gasteiger partial charge in [-0.25, -0.2) is 9.59 Å². The lowest BCUT2D eigenvalue weighted by Gasteiger charge is -2.12. The molecular weight excluding hydrogens is 328 g/mol. The zero-order valence-electron chi connectivity index (χ0n) is 14.5. The predicted molar refractivity (Wildman–Crippen MR) is 87.1 cm³/mol. The number of aryl methyl sites for hydroxylation is 1. The molecule has 25 heavy (non-hydrogen) atoms. The van der Waals surface area contributed by atoms with Crippen molar-refractivity contribution in [1.29, 1.82) is 0 Å². The molecule has 0 aliphatic rings. The number of nitrogens with zero attached hydrogens (tertiary/aromatic N) is 1. The van der Waals surface area contributed by atoms with Gasteiger partial charge in [0.05, 0.1) is 25.5 Å². The predicted octanol–water partition coefficient (Wildman–Crippen LogP) is 2.17. The molecule has 0 radical (unpaired) electrons. The summed E-state index contributed by atoms with van der Waals surface area (Å²) >= 11 is 0. The maximum Gasteiger partial charge on any atom is 0.413 e. The fourth-order valence-corrected chi connectivity index (χ4v) is 2.34. The summed E-state index contributed by atoms with van der Waals surface area (Å²) in [6.45, 7) is 5.50. The highest BCUT2D eigenvalue weighted by Gasteiger charge is 2.24. The second kappa shape index (κ2) is 7.69. The van der Waals surface area contributed by atoms with Crippen LogP contribution >= 0.6 is 0 Å². The van der Waals surface area contributed by atoms with Crippen molar-refractivity contribution in [2.24, 2.45) is 0 Å². The molecule has 2 aromatic heterocycles. The van der Waals surface area contributed by atoms with Crippen LogP contribution in [0, 0.1) is 13.8 Å². The fourth-order valence-electron chi connectivity index (χ4n) is 2.34. The number of hydrogen-bond acceptors (Lipinski definition) is 6. The minimum Gasteiger partial charge on any atom is -0.467 e. The third-order valence-electron chi connectivity index (χ3n) is 3.75. The van der Waals surface area contributed by atoms with Crippen LogP contribution in [0.3, 0.4) is 0 Å². The van der Waals surface area contributed by atoms with Crippen molar-refractivity contribution in [3.8, 4) is 0 Å². The molecule has 2 aromatic rings. The maximum absolute atomic E-state index is 12.3. The normalized spacial score (nSPS) is 11.7. The quantitative estimate of drug-likeness (QED) is 0.831. The molecular formula is C17H20N2O6. The highest BCUT2D eigenvalue weighted by Crippen LogP contribution is 2.19. The van der Waals surface area contributed by atoms with E-state index in [9.17, 15) is 14.4 Å². The van der Waals surface area contributed by atoms with Crippen LogP contribution in [0.25, 0.3) is 0 Å². The van der Waals surface area contributed by atoms with E-state index in [0.29, 0.717) is 17.8 Å². The second-order valence-electron chi connectivity index (χ2n) is 5.48. The fraction of sp³-hybridized carbons (Fsp3) is 0.353. The number of carbonyl (C=O) groups excluding carboxylic acids is 3. The van der Waals surface area contributed by atoms with Crippen molar-refractivity contribution in [3.63, 3.8) is 0 Å². The molecule has 1 atom stereocenters. The van der Waals surface area contributed by atoms with Crippen LogP contribution in [-0.4, -0.2) is 35.8 Å². The van der Waals surface area contributed by atoms with Gasteiger partial charge in [-0.05, 0) is 39.0 Å². The first-order chi connectivity index (χ1) is 11.8. The van der Waals surface area contributed by atoms with E-state index >= 15 is 0 Å². The van der Waals surface area contributed by atoms with Crippen molar-refractivity contribution in [2.75, 3.05) is 7.11 Å². The average molecular weight is 348 g/mol. The van der Waals surface area contributed by atoms with Crippen molar-refractivity contribution in [1.82, 2.24) is 9.88 Å². The molecule has 2 heterocycles. The zero-order valence-corrected chi connectivity index (χ0v) is 14.5. The molecule has 0 aliphatic heterocycles. The number of aromatic nitrogens is 1. The zero-order chi connectivity index (χ0) is 18.6. The lowest BCUT2D eigenvalue weighted by molar-refractivity contribution is -0.128. The number of methoxy groups -OCH3 is 1. The SMILES string of the molecule is COC(=O)NC(=O)[C@@H](C)OC(=O)c1cc(C)n(Cc2ccco2)c1C. The highest BCUT2D eigenvalue weighted by atomic mass is 16.6. The minimum atomic E-state index is -1.14. The third-order valence-corrected chi connectivity index (χ3v) is 3.75. The topological polar surface area (TPSA) is 99.8 Å². The number of furan rings is 1. The Morgan fingerprint density at radius 1 is 1.32 bits per heavy atom. The Bertz CT molecular complexity index is 775. The van der Waals surface area contributed by atoms with Gasteiger partial charge in [0.15, 0.2) is 6.10 Å². The Hall–Kier alpha value is -3.03. The first-order valence-corrected chi connectivity index (χ1v) is 7.62. The number of carbonyl (C=O) groups is 3. The Morgan fingerprint density at radius 3 is 2.64 bits per heavy atom. The van der Waals surface area contributed by atoms with E-state index in [0.717, 1.165) is 18.6 Å². The highest BCUT2D eigenvalue weighted by molar-refractivity contribution is 5.97. The molecule has 0 aromatic carbocycles. The number of rotatable bonds is 5. The van der Waals surface area contributed by atoms with Crippen LogP contribution < -0.4 is 5.32 Å². The summed E-state index contributed by atoms with van der Waals surface area (Å²) in [6.07, 6.45) is -0.468. The van der Waals surface area contributed by atoms with Crippen LogP contribution in [0.1, 0.15) is 34.4 Å². The minimum absolute atomic E-state index is 0.349. The van der Waals surface area contributed by atoms with E-state index in [4.69, 9.17) is 9.15 Å². The van der Waals surface area contributed by atoms with E-state index in [-0.39, 0.29) is 0 Å². The van der Waals surface area contributed by atoms with E-state index in [2.05, 4.69) is 4.74 Å². The molecule has 134 valence electrons. The maximum atomic E-state index is 12.3. The van der Waals surface area contributed by atoms with Gasteiger partial charge < -0.3 is 18.5 Å². The third kappa shape index (κ3) is 4.28. The number of hydrogen-bond donors (Lipinski definition) is 1. The van der Waals surface area contributed by atoms with Gasteiger partial charge in [-0.2, -0.15) is 0 Å². The summed E-state index contributed by atoms with van der Waals surface area (Å²) in [5.41, 5.74) is 1.90. The molecule has 1 N–H and O–H groups in total. The second-order valence-corrected chi connectivity index (χ2v) is 5.48. The van der Waals surface area contributed by atoms with Gasteiger partial charge in [0.25, 0.3) is 5.91 Å². The van der Waals surface area contributed by atoms with Crippen LogP contribution in [-0.2, 0) is 20.8 Å². The monoisotopic (exact) mass is 348 g/mol. The number of esters is 1. The van der Waals surface area contributed by atoms with Gasteiger partial charge in [-0.1, -0.05) is 0 Å².